The zero-order chi connectivity index (χ0) is 18.8. The first-order valence-electron chi connectivity index (χ1n) is 8.96. The second-order valence-electron chi connectivity index (χ2n) is 7.55. The Morgan fingerprint density at radius 3 is 2.33 bits per heavy atom. The molecular weight excluding hydrogens is 353 g/mol. The molecular formula is C22H18BNO2S. The molecule has 0 radical (unpaired) electrons. The Morgan fingerprint density at radius 2 is 1.59 bits per heavy atom. The molecule has 132 valence electrons. The summed E-state index contributed by atoms with van der Waals surface area (Å²) in [7, 11) is -1.45. The van der Waals surface area contributed by atoms with E-state index < -0.39 is 7.12 Å². The molecule has 0 saturated heterocycles. The molecule has 1 heterocycles. The second-order valence-corrected chi connectivity index (χ2v) is 8.58. The van der Waals surface area contributed by atoms with Crippen molar-refractivity contribution < 1.29 is 10.0 Å². The number of hydrogen-bond acceptors (Lipinski definition) is 4. The van der Waals surface area contributed by atoms with Crippen LogP contribution in [0.4, 0.5) is 0 Å². The first-order valence-corrected chi connectivity index (χ1v) is 9.78. The number of hydrogen-bond donors (Lipinski definition) is 2. The number of para-hydroxylation sites is 1. The molecule has 0 spiro atoms. The van der Waals surface area contributed by atoms with Crippen LogP contribution in [0.3, 0.4) is 0 Å². The molecule has 0 bridgehead atoms. The van der Waals surface area contributed by atoms with E-state index in [1.54, 1.807) is 17.4 Å². The van der Waals surface area contributed by atoms with Crippen molar-refractivity contribution in [2.24, 2.45) is 0 Å². The Hall–Kier alpha value is -2.47. The summed E-state index contributed by atoms with van der Waals surface area (Å²) < 4.78 is 1.19. The molecule has 0 aliphatic heterocycles. The first-order chi connectivity index (χ1) is 12.9. The number of aromatic nitrogens is 1. The monoisotopic (exact) mass is 371 g/mol. The maximum atomic E-state index is 9.55. The summed E-state index contributed by atoms with van der Waals surface area (Å²) in [5.74, 6) is 0. The third kappa shape index (κ3) is 2.47. The minimum atomic E-state index is -1.45. The van der Waals surface area contributed by atoms with Gasteiger partial charge in [-0.2, -0.15) is 0 Å². The van der Waals surface area contributed by atoms with E-state index in [0.717, 1.165) is 27.2 Å². The van der Waals surface area contributed by atoms with Crippen LogP contribution in [0.1, 0.15) is 25.0 Å². The van der Waals surface area contributed by atoms with Crippen molar-refractivity contribution in [1.29, 1.82) is 0 Å². The Bertz CT molecular complexity index is 1160. The summed E-state index contributed by atoms with van der Waals surface area (Å²) >= 11 is 1.71. The maximum Gasteiger partial charge on any atom is 0.488 e. The lowest BCUT2D eigenvalue weighted by Gasteiger charge is -2.22. The Labute approximate surface area is 162 Å². The predicted molar refractivity (Wildman–Crippen MR) is 112 cm³/mol. The van der Waals surface area contributed by atoms with Gasteiger partial charge in [-0.25, -0.2) is 4.98 Å². The zero-order valence-corrected chi connectivity index (χ0v) is 15.9. The quantitative estimate of drug-likeness (QED) is 0.525. The van der Waals surface area contributed by atoms with Crippen molar-refractivity contribution in [3.63, 3.8) is 0 Å². The number of thiazole rings is 1. The molecule has 2 N–H and O–H groups in total. The van der Waals surface area contributed by atoms with Crippen molar-refractivity contribution in [3.05, 3.63) is 71.8 Å². The lowest BCUT2D eigenvalue weighted by atomic mass is 9.75. The average Bonchev–Trinajstić information content (AvgIpc) is 3.19. The van der Waals surface area contributed by atoms with Gasteiger partial charge in [0.25, 0.3) is 0 Å². The summed E-state index contributed by atoms with van der Waals surface area (Å²) in [5, 5.41) is 20.1. The molecule has 1 aliphatic carbocycles. The number of nitrogens with zero attached hydrogens (tertiary/aromatic N) is 1. The summed E-state index contributed by atoms with van der Waals surface area (Å²) in [6, 6.07) is 20.4. The first kappa shape index (κ1) is 16.7. The van der Waals surface area contributed by atoms with Crippen LogP contribution in [0.2, 0.25) is 0 Å². The molecule has 5 heteroatoms. The minimum absolute atomic E-state index is 0.206. The summed E-state index contributed by atoms with van der Waals surface area (Å²) in [4.78, 5) is 4.80. The topological polar surface area (TPSA) is 53.4 Å². The molecule has 4 aromatic rings. The molecule has 1 aliphatic rings. The van der Waals surface area contributed by atoms with Crippen LogP contribution in [-0.2, 0) is 5.41 Å². The van der Waals surface area contributed by atoms with Crippen LogP contribution < -0.4 is 5.46 Å². The fourth-order valence-corrected chi connectivity index (χ4v) is 5.01. The molecule has 0 amide bonds. The van der Waals surface area contributed by atoms with Crippen LogP contribution in [-0.4, -0.2) is 22.2 Å². The third-order valence-corrected chi connectivity index (χ3v) is 6.62. The highest BCUT2D eigenvalue weighted by atomic mass is 32.1. The zero-order valence-electron chi connectivity index (χ0n) is 15.1. The van der Waals surface area contributed by atoms with Gasteiger partial charge in [-0.3, -0.25) is 0 Å². The summed E-state index contributed by atoms with van der Waals surface area (Å²) in [5.41, 5.74) is 7.22. The van der Waals surface area contributed by atoms with Gasteiger partial charge in [0.2, 0.25) is 0 Å². The molecule has 3 aromatic carbocycles. The van der Waals surface area contributed by atoms with Crippen LogP contribution >= 0.6 is 11.3 Å². The van der Waals surface area contributed by atoms with Gasteiger partial charge in [0, 0.05) is 11.0 Å². The van der Waals surface area contributed by atoms with Crippen molar-refractivity contribution in [3.8, 4) is 21.7 Å². The molecule has 0 unspecified atom stereocenters. The van der Waals surface area contributed by atoms with E-state index in [0.29, 0.717) is 5.46 Å². The fourth-order valence-electron chi connectivity index (χ4n) is 4.04. The highest BCUT2D eigenvalue weighted by Gasteiger charge is 2.36. The number of rotatable bonds is 2. The van der Waals surface area contributed by atoms with Crippen molar-refractivity contribution in [2.45, 2.75) is 19.3 Å². The average molecular weight is 371 g/mol. The lowest BCUT2D eigenvalue weighted by Crippen LogP contribution is -2.31. The van der Waals surface area contributed by atoms with E-state index >= 15 is 0 Å². The van der Waals surface area contributed by atoms with Gasteiger partial charge < -0.3 is 10.0 Å². The number of fused-ring (bicyclic) bond motifs is 4. The largest absolute Gasteiger partial charge is 0.488 e. The van der Waals surface area contributed by atoms with Crippen LogP contribution in [0, 0.1) is 0 Å². The Kier molecular flexibility index (Phi) is 3.56. The molecule has 0 fully saturated rings. The Morgan fingerprint density at radius 1 is 0.889 bits per heavy atom. The molecule has 27 heavy (non-hydrogen) atoms. The van der Waals surface area contributed by atoms with Gasteiger partial charge in [-0.05, 0) is 45.9 Å². The second kappa shape index (κ2) is 5.76. The van der Waals surface area contributed by atoms with Crippen LogP contribution in [0.25, 0.3) is 31.9 Å². The van der Waals surface area contributed by atoms with Gasteiger partial charge in [-0.1, -0.05) is 56.3 Å². The highest BCUT2D eigenvalue weighted by Crippen LogP contribution is 2.49. The van der Waals surface area contributed by atoms with Crippen LogP contribution in [0.15, 0.2) is 60.7 Å². The van der Waals surface area contributed by atoms with Gasteiger partial charge in [0.1, 0.15) is 5.01 Å². The van der Waals surface area contributed by atoms with E-state index in [2.05, 4.69) is 38.1 Å². The summed E-state index contributed by atoms with van der Waals surface area (Å²) in [6.45, 7) is 4.38. The van der Waals surface area contributed by atoms with Gasteiger partial charge in [0.05, 0.1) is 10.2 Å². The van der Waals surface area contributed by atoms with E-state index in [1.807, 2.05) is 30.3 Å². The molecule has 1 aromatic heterocycles. The highest BCUT2D eigenvalue weighted by molar-refractivity contribution is 7.21. The fraction of sp³-hybridized carbons (Fsp3) is 0.136. The van der Waals surface area contributed by atoms with Gasteiger partial charge >= 0.3 is 7.12 Å². The lowest BCUT2D eigenvalue weighted by molar-refractivity contribution is 0.425. The SMILES string of the molecule is CC1(C)c2cc(B(O)O)ccc2-c2ccc(-c3nc4ccccc4s3)cc21. The smallest absolute Gasteiger partial charge is 0.423 e. The maximum absolute atomic E-state index is 9.55. The van der Waals surface area contributed by atoms with E-state index in [9.17, 15) is 10.0 Å². The molecule has 3 nitrogen and oxygen atoms in total. The standard InChI is InChI=1S/C22H18BNO2S/c1-22(2)17-11-13(21-24-19-5-3-4-6-20(19)27-21)7-9-15(17)16-10-8-14(23(25)26)12-18(16)22/h3-12,25-26H,1-2H3. The summed E-state index contributed by atoms with van der Waals surface area (Å²) in [6.07, 6.45) is 0. The number of benzene rings is 3. The third-order valence-electron chi connectivity index (χ3n) is 5.54. The molecule has 0 saturated carbocycles. The Balaban J connectivity index is 1.66. The van der Waals surface area contributed by atoms with Crippen LogP contribution in [0.5, 0.6) is 0 Å². The molecule has 5 rings (SSSR count). The normalized spacial score (nSPS) is 14.2. The van der Waals surface area contributed by atoms with E-state index in [4.69, 9.17) is 4.98 Å². The molecule has 0 atom stereocenters. The van der Waals surface area contributed by atoms with Gasteiger partial charge in [-0.15, -0.1) is 11.3 Å². The van der Waals surface area contributed by atoms with Gasteiger partial charge in [0.15, 0.2) is 0 Å². The van der Waals surface area contributed by atoms with E-state index in [-0.39, 0.29) is 5.41 Å². The van der Waals surface area contributed by atoms with Crippen molar-refractivity contribution >= 4 is 34.1 Å². The van der Waals surface area contributed by atoms with Crippen molar-refractivity contribution in [2.75, 3.05) is 0 Å². The van der Waals surface area contributed by atoms with Crippen molar-refractivity contribution in [1.82, 2.24) is 4.98 Å². The van der Waals surface area contributed by atoms with E-state index in [1.165, 1.54) is 15.8 Å². The predicted octanol–water partition coefficient (Wildman–Crippen LogP) is 3.95. The minimum Gasteiger partial charge on any atom is -0.423 e.